The van der Waals surface area contributed by atoms with Crippen molar-refractivity contribution in [2.45, 2.75) is 6.54 Å². The Labute approximate surface area is 136 Å². The monoisotopic (exact) mass is 361 g/mol. The SMILES string of the molecule is Clc1ccc(CNc2cccc(-n3cccn3)c2)c(Br)c1. The average molecular weight is 363 g/mol. The molecule has 0 aliphatic carbocycles. The highest BCUT2D eigenvalue weighted by Crippen LogP contribution is 2.23. The van der Waals surface area contributed by atoms with E-state index in [4.69, 9.17) is 11.6 Å². The molecule has 0 saturated heterocycles. The lowest BCUT2D eigenvalue weighted by atomic mass is 10.2. The van der Waals surface area contributed by atoms with Gasteiger partial charge in [-0.25, -0.2) is 4.68 Å². The third-order valence-corrected chi connectivity index (χ3v) is 4.09. The number of halogens is 2. The summed E-state index contributed by atoms with van der Waals surface area (Å²) >= 11 is 9.48. The number of anilines is 1. The Bertz CT molecular complexity index is 741. The Morgan fingerprint density at radius 3 is 2.81 bits per heavy atom. The number of nitrogens with zero attached hydrogens (tertiary/aromatic N) is 2. The maximum absolute atomic E-state index is 5.95. The van der Waals surface area contributed by atoms with Crippen molar-refractivity contribution in [3.05, 3.63) is 76.0 Å². The molecule has 5 heteroatoms. The lowest BCUT2D eigenvalue weighted by molar-refractivity contribution is 0.880. The molecule has 0 unspecified atom stereocenters. The molecular weight excluding hydrogens is 350 g/mol. The Balaban J connectivity index is 1.75. The third-order valence-electron chi connectivity index (χ3n) is 3.11. The van der Waals surface area contributed by atoms with Crippen LogP contribution in [-0.2, 0) is 6.54 Å². The van der Waals surface area contributed by atoms with Gasteiger partial charge in [0.05, 0.1) is 5.69 Å². The van der Waals surface area contributed by atoms with Gasteiger partial charge in [0.25, 0.3) is 0 Å². The Hall–Kier alpha value is -1.78. The number of benzene rings is 2. The minimum Gasteiger partial charge on any atom is -0.381 e. The van der Waals surface area contributed by atoms with E-state index in [1.54, 1.807) is 6.20 Å². The van der Waals surface area contributed by atoms with E-state index in [9.17, 15) is 0 Å². The molecule has 3 rings (SSSR count). The predicted octanol–water partition coefficient (Wildman–Crippen LogP) is 4.90. The van der Waals surface area contributed by atoms with Gasteiger partial charge in [0, 0.05) is 34.1 Å². The zero-order valence-corrected chi connectivity index (χ0v) is 13.5. The minimum absolute atomic E-state index is 0.723. The molecule has 1 heterocycles. The van der Waals surface area contributed by atoms with Crippen molar-refractivity contribution in [2.24, 2.45) is 0 Å². The van der Waals surface area contributed by atoms with Gasteiger partial charge in [0.2, 0.25) is 0 Å². The van der Waals surface area contributed by atoms with Crippen molar-refractivity contribution in [3.63, 3.8) is 0 Å². The van der Waals surface area contributed by atoms with Crippen LogP contribution in [0.25, 0.3) is 5.69 Å². The fourth-order valence-corrected chi connectivity index (χ4v) is 2.87. The van der Waals surface area contributed by atoms with E-state index in [2.05, 4.69) is 32.4 Å². The van der Waals surface area contributed by atoms with Crippen molar-refractivity contribution in [1.29, 1.82) is 0 Å². The van der Waals surface area contributed by atoms with Crippen molar-refractivity contribution in [1.82, 2.24) is 9.78 Å². The molecule has 3 nitrogen and oxygen atoms in total. The summed E-state index contributed by atoms with van der Waals surface area (Å²) in [4.78, 5) is 0. The van der Waals surface area contributed by atoms with Crippen molar-refractivity contribution in [3.8, 4) is 5.69 Å². The van der Waals surface area contributed by atoms with E-state index in [1.165, 1.54) is 0 Å². The average Bonchev–Trinajstić information content (AvgIpc) is 3.01. The summed E-state index contributed by atoms with van der Waals surface area (Å²) in [5.41, 5.74) is 3.23. The van der Waals surface area contributed by atoms with Crippen LogP contribution in [0.1, 0.15) is 5.56 Å². The van der Waals surface area contributed by atoms with Crippen LogP contribution in [0.2, 0.25) is 5.02 Å². The zero-order chi connectivity index (χ0) is 14.7. The van der Waals surface area contributed by atoms with Crippen LogP contribution in [0.3, 0.4) is 0 Å². The highest BCUT2D eigenvalue weighted by Gasteiger charge is 2.02. The van der Waals surface area contributed by atoms with E-state index >= 15 is 0 Å². The molecule has 2 aromatic carbocycles. The number of rotatable bonds is 4. The lowest BCUT2D eigenvalue weighted by Crippen LogP contribution is -2.01. The van der Waals surface area contributed by atoms with E-state index in [0.29, 0.717) is 0 Å². The van der Waals surface area contributed by atoms with E-state index in [1.807, 2.05) is 53.3 Å². The van der Waals surface area contributed by atoms with Crippen LogP contribution >= 0.6 is 27.5 Å². The van der Waals surface area contributed by atoms with Crippen LogP contribution < -0.4 is 5.32 Å². The second kappa shape index (κ2) is 6.33. The topological polar surface area (TPSA) is 29.9 Å². The summed E-state index contributed by atoms with van der Waals surface area (Å²) in [5.74, 6) is 0. The molecule has 0 bridgehead atoms. The molecule has 0 atom stereocenters. The van der Waals surface area contributed by atoms with Crippen molar-refractivity contribution < 1.29 is 0 Å². The summed E-state index contributed by atoms with van der Waals surface area (Å²) in [6.45, 7) is 0.723. The van der Waals surface area contributed by atoms with E-state index in [0.717, 1.165) is 33.0 Å². The van der Waals surface area contributed by atoms with Crippen LogP contribution in [0.5, 0.6) is 0 Å². The molecule has 0 radical (unpaired) electrons. The fraction of sp³-hybridized carbons (Fsp3) is 0.0625. The summed E-state index contributed by atoms with van der Waals surface area (Å²) in [6.07, 6.45) is 3.69. The van der Waals surface area contributed by atoms with Crippen LogP contribution in [0.4, 0.5) is 5.69 Å². The number of hydrogen-bond acceptors (Lipinski definition) is 2. The molecule has 1 N–H and O–H groups in total. The summed E-state index contributed by atoms with van der Waals surface area (Å²) < 4.78 is 2.84. The summed E-state index contributed by atoms with van der Waals surface area (Å²) in [7, 11) is 0. The minimum atomic E-state index is 0.723. The Morgan fingerprint density at radius 1 is 1.14 bits per heavy atom. The Kier molecular flexibility index (Phi) is 4.27. The zero-order valence-electron chi connectivity index (χ0n) is 11.1. The maximum atomic E-state index is 5.95. The molecule has 1 aromatic heterocycles. The van der Waals surface area contributed by atoms with Gasteiger partial charge in [0.1, 0.15) is 0 Å². The highest BCUT2D eigenvalue weighted by atomic mass is 79.9. The molecule has 21 heavy (non-hydrogen) atoms. The lowest BCUT2D eigenvalue weighted by Gasteiger charge is -2.10. The molecular formula is C16H13BrClN3. The van der Waals surface area contributed by atoms with Crippen LogP contribution in [0, 0.1) is 0 Å². The van der Waals surface area contributed by atoms with Crippen molar-refractivity contribution in [2.75, 3.05) is 5.32 Å². The van der Waals surface area contributed by atoms with Gasteiger partial charge in [0.15, 0.2) is 0 Å². The second-order valence-electron chi connectivity index (χ2n) is 4.59. The molecule has 0 amide bonds. The molecule has 0 saturated carbocycles. The van der Waals surface area contributed by atoms with Gasteiger partial charge in [-0.15, -0.1) is 0 Å². The van der Waals surface area contributed by atoms with Gasteiger partial charge >= 0.3 is 0 Å². The quantitative estimate of drug-likeness (QED) is 0.715. The molecule has 0 spiro atoms. The summed E-state index contributed by atoms with van der Waals surface area (Å²) in [5, 5.41) is 8.37. The first-order valence-electron chi connectivity index (χ1n) is 6.50. The van der Waals surface area contributed by atoms with Crippen LogP contribution in [0.15, 0.2) is 65.4 Å². The Morgan fingerprint density at radius 2 is 2.05 bits per heavy atom. The van der Waals surface area contributed by atoms with E-state index < -0.39 is 0 Å². The van der Waals surface area contributed by atoms with Gasteiger partial charge in [-0.05, 0) is 42.0 Å². The first-order chi connectivity index (χ1) is 10.2. The van der Waals surface area contributed by atoms with Gasteiger partial charge in [-0.3, -0.25) is 0 Å². The van der Waals surface area contributed by atoms with Crippen LogP contribution in [-0.4, -0.2) is 9.78 Å². The third kappa shape index (κ3) is 3.46. The van der Waals surface area contributed by atoms with E-state index in [-0.39, 0.29) is 0 Å². The number of nitrogens with one attached hydrogen (secondary N) is 1. The highest BCUT2D eigenvalue weighted by molar-refractivity contribution is 9.10. The molecule has 0 aliphatic rings. The molecule has 3 aromatic rings. The van der Waals surface area contributed by atoms with Gasteiger partial charge in [-0.2, -0.15) is 5.10 Å². The first-order valence-corrected chi connectivity index (χ1v) is 7.67. The second-order valence-corrected chi connectivity index (χ2v) is 5.88. The molecule has 0 aliphatic heterocycles. The normalized spacial score (nSPS) is 10.6. The molecule has 0 fully saturated rings. The maximum Gasteiger partial charge on any atom is 0.0666 e. The number of aromatic nitrogens is 2. The predicted molar refractivity (Wildman–Crippen MR) is 90.0 cm³/mol. The first kappa shape index (κ1) is 14.2. The fourth-order valence-electron chi connectivity index (χ4n) is 2.04. The van der Waals surface area contributed by atoms with Gasteiger partial charge in [-0.1, -0.05) is 39.7 Å². The van der Waals surface area contributed by atoms with Crippen molar-refractivity contribution >= 4 is 33.2 Å². The van der Waals surface area contributed by atoms with Gasteiger partial charge < -0.3 is 5.32 Å². The summed E-state index contributed by atoms with van der Waals surface area (Å²) in [6, 6.07) is 15.9. The molecule has 106 valence electrons. The smallest absolute Gasteiger partial charge is 0.0666 e. The standard InChI is InChI=1S/C16H13BrClN3/c17-16-9-13(18)6-5-12(16)11-19-14-3-1-4-15(10-14)21-8-2-7-20-21/h1-10,19H,11H2. The number of hydrogen-bond donors (Lipinski definition) is 1. The largest absolute Gasteiger partial charge is 0.381 e.